The molecule has 1 heterocycles. The fourth-order valence-corrected chi connectivity index (χ4v) is 7.61. The van der Waals surface area contributed by atoms with Crippen molar-refractivity contribution in [1.82, 2.24) is 4.98 Å². The maximum absolute atomic E-state index is 11.3. The molecule has 3 aromatic carbocycles. The Labute approximate surface area is 336 Å². The minimum atomic E-state index is -0.937. The summed E-state index contributed by atoms with van der Waals surface area (Å²) in [6.45, 7) is 13.0. The lowest BCUT2D eigenvalue weighted by Gasteiger charge is -2.27. The van der Waals surface area contributed by atoms with E-state index in [-0.39, 0.29) is 12.0 Å². The number of aromatic carboxylic acids is 1. The second kappa shape index (κ2) is 21.7. The first-order chi connectivity index (χ1) is 26.3. The van der Waals surface area contributed by atoms with E-state index < -0.39 is 17.5 Å². The molecule has 10 heteroatoms. The highest BCUT2D eigenvalue weighted by molar-refractivity contribution is 7.99. The van der Waals surface area contributed by atoms with Crippen LogP contribution < -0.4 is 10.2 Å². The zero-order valence-corrected chi connectivity index (χ0v) is 34.3. The van der Waals surface area contributed by atoms with Gasteiger partial charge in [-0.15, -0.1) is 11.8 Å². The molecule has 3 N–H and O–H groups in total. The third-order valence-electron chi connectivity index (χ3n) is 9.74. The molecule has 0 unspecified atom stereocenters. The van der Waals surface area contributed by atoms with Crippen molar-refractivity contribution in [1.29, 1.82) is 0 Å². The van der Waals surface area contributed by atoms with Gasteiger partial charge in [0.25, 0.3) is 0 Å². The first-order valence-electron chi connectivity index (χ1n) is 19.2. The predicted octanol–water partition coefficient (Wildman–Crippen LogP) is 11.1. The van der Waals surface area contributed by atoms with Crippen LogP contribution in [0.15, 0.2) is 90.3 Å². The molecule has 1 aromatic heterocycles. The molecule has 0 aliphatic heterocycles. The summed E-state index contributed by atoms with van der Waals surface area (Å²) >= 11 is 8.03. The summed E-state index contributed by atoms with van der Waals surface area (Å²) in [5.74, 6) is 0.821. The van der Waals surface area contributed by atoms with Gasteiger partial charge in [-0.3, -0.25) is 4.79 Å². The lowest BCUT2D eigenvalue weighted by atomic mass is 9.89. The largest absolute Gasteiger partial charge is 0.481 e. The van der Waals surface area contributed by atoms with Crippen molar-refractivity contribution in [2.45, 2.75) is 89.1 Å². The zero-order chi connectivity index (χ0) is 39.8. The maximum atomic E-state index is 11.3. The molecule has 0 radical (unpaired) electrons. The number of benzene rings is 3. The summed E-state index contributed by atoms with van der Waals surface area (Å²) in [6.07, 6.45) is 9.40. The highest BCUT2D eigenvalue weighted by Crippen LogP contribution is 2.32. The number of rotatable bonds is 24. The lowest BCUT2D eigenvalue weighted by Crippen LogP contribution is -2.22. The first kappa shape index (κ1) is 43.4. The summed E-state index contributed by atoms with van der Waals surface area (Å²) in [5, 5.41) is 22.3. The van der Waals surface area contributed by atoms with Gasteiger partial charge >= 0.3 is 11.9 Å². The monoisotopic (exact) mass is 785 g/mol. The average molecular weight is 786 g/mol. The van der Waals surface area contributed by atoms with Gasteiger partial charge in [-0.05, 0) is 109 Å². The normalized spacial score (nSPS) is 11.4. The Morgan fingerprint density at radius 1 is 0.891 bits per heavy atom. The maximum Gasteiger partial charge on any atom is 0.335 e. The fraction of sp³-hybridized carbons (Fsp3) is 0.400. The molecule has 55 heavy (non-hydrogen) atoms. The number of hydrogen-bond donors (Lipinski definition) is 3. The van der Waals surface area contributed by atoms with Crippen LogP contribution in [0.4, 0.5) is 11.6 Å². The Balaban J connectivity index is 1.06. The molecule has 0 atom stereocenters. The topological polar surface area (TPSA) is 112 Å². The number of ether oxygens (including phenoxy) is 1. The van der Waals surface area contributed by atoms with Crippen molar-refractivity contribution in [3.63, 3.8) is 0 Å². The third kappa shape index (κ3) is 14.0. The number of nitrogens with zero attached hydrogens (tertiary/aromatic N) is 2. The van der Waals surface area contributed by atoms with E-state index in [2.05, 4.69) is 55.8 Å². The highest BCUT2D eigenvalue weighted by atomic mass is 35.5. The van der Waals surface area contributed by atoms with Crippen molar-refractivity contribution in [2.75, 3.05) is 42.7 Å². The average Bonchev–Trinajstić information content (AvgIpc) is 3.15. The van der Waals surface area contributed by atoms with E-state index in [1.54, 1.807) is 30.0 Å². The van der Waals surface area contributed by atoms with E-state index in [9.17, 15) is 14.7 Å². The van der Waals surface area contributed by atoms with Gasteiger partial charge < -0.3 is 25.2 Å². The smallest absolute Gasteiger partial charge is 0.335 e. The van der Waals surface area contributed by atoms with Gasteiger partial charge in [0.2, 0.25) is 0 Å². The van der Waals surface area contributed by atoms with E-state index >= 15 is 0 Å². The van der Waals surface area contributed by atoms with Crippen LogP contribution in [0.25, 0.3) is 5.57 Å². The second-order valence-corrected chi connectivity index (χ2v) is 16.0. The molecule has 0 spiro atoms. The van der Waals surface area contributed by atoms with Gasteiger partial charge in [-0.25, -0.2) is 9.78 Å². The van der Waals surface area contributed by atoms with Crippen LogP contribution in [0.5, 0.6) is 0 Å². The van der Waals surface area contributed by atoms with Crippen LogP contribution in [0.3, 0.4) is 0 Å². The number of carbonyl (C=O) groups is 2. The predicted molar refractivity (Wildman–Crippen MR) is 228 cm³/mol. The number of aliphatic carboxylic acids is 1. The van der Waals surface area contributed by atoms with E-state index in [0.717, 1.165) is 82.5 Å². The second-order valence-electron chi connectivity index (χ2n) is 14.5. The number of nitrogens with one attached hydrogen (secondary N) is 1. The molecule has 8 nitrogen and oxygen atoms in total. The zero-order valence-electron chi connectivity index (χ0n) is 32.7. The van der Waals surface area contributed by atoms with E-state index in [4.69, 9.17) is 26.4 Å². The van der Waals surface area contributed by atoms with Crippen molar-refractivity contribution in [3.05, 3.63) is 124 Å². The van der Waals surface area contributed by atoms with Crippen LogP contribution in [0.1, 0.15) is 103 Å². The molecular weight excluding hydrogens is 730 g/mol. The van der Waals surface area contributed by atoms with Crippen LogP contribution >= 0.6 is 23.4 Å². The molecule has 0 bridgehead atoms. The van der Waals surface area contributed by atoms with Crippen LogP contribution in [0, 0.1) is 6.92 Å². The van der Waals surface area contributed by atoms with Crippen LogP contribution in [0.2, 0.25) is 5.02 Å². The number of thioether (sulfide) groups is 1. The third-order valence-corrected chi connectivity index (χ3v) is 11.2. The number of halogens is 1. The summed E-state index contributed by atoms with van der Waals surface area (Å²) < 4.78 is 6.39. The van der Waals surface area contributed by atoms with Gasteiger partial charge in [0.15, 0.2) is 0 Å². The molecule has 0 aliphatic rings. The molecule has 4 rings (SSSR count). The van der Waals surface area contributed by atoms with Gasteiger partial charge in [-0.2, -0.15) is 0 Å². The highest BCUT2D eigenvalue weighted by Gasteiger charge is 2.22. The number of carboxylic acid groups (broad SMARTS) is 2. The van der Waals surface area contributed by atoms with Gasteiger partial charge in [0, 0.05) is 37.4 Å². The number of anilines is 2. The Morgan fingerprint density at radius 2 is 1.56 bits per heavy atom. The van der Waals surface area contributed by atoms with Crippen molar-refractivity contribution in [2.24, 2.45) is 0 Å². The van der Waals surface area contributed by atoms with E-state index in [1.165, 1.54) is 32.1 Å². The van der Waals surface area contributed by atoms with Gasteiger partial charge in [-0.1, -0.05) is 93.1 Å². The summed E-state index contributed by atoms with van der Waals surface area (Å²) in [4.78, 5) is 30.1. The standard InChI is InChI=1S/C45H56ClN3O5S/c1-32-17-23-37(31-38(32)33(2)35-19-21-36(22-20-35)44(52)53)45(3,4)54-27-13-11-9-7-6-8-10-12-25-47-41-15-14-16-42(48-41)49(5)26-28-55-40-24-18-34(29-39(40)46)30-43(50)51/h14-24,29,31H,2,6-13,25-28,30H2,1,3-5H3,(H,47,48)(H,50,51)(H,52,53). The molecule has 294 valence electrons. The van der Waals surface area contributed by atoms with Crippen molar-refractivity contribution >= 4 is 52.5 Å². The molecule has 0 saturated heterocycles. The van der Waals surface area contributed by atoms with Crippen molar-refractivity contribution in [3.8, 4) is 0 Å². The minimum Gasteiger partial charge on any atom is -0.481 e. The van der Waals surface area contributed by atoms with Crippen LogP contribution in [-0.4, -0.2) is 59.6 Å². The van der Waals surface area contributed by atoms with Crippen molar-refractivity contribution < 1.29 is 24.5 Å². The lowest BCUT2D eigenvalue weighted by molar-refractivity contribution is -0.136. The Morgan fingerprint density at radius 3 is 2.24 bits per heavy atom. The van der Waals surface area contributed by atoms with E-state index in [0.29, 0.717) is 17.2 Å². The number of aryl methyl sites for hydroxylation is 1. The number of hydrogen-bond acceptors (Lipinski definition) is 7. The molecule has 0 amide bonds. The minimum absolute atomic E-state index is 0.0308. The first-order valence-corrected chi connectivity index (χ1v) is 20.5. The van der Waals surface area contributed by atoms with Gasteiger partial charge in [0.05, 0.1) is 22.6 Å². The quantitative estimate of drug-likeness (QED) is 0.0472. The number of unbranched alkanes of at least 4 members (excludes halogenated alkanes) is 7. The Bertz CT molecular complexity index is 1880. The van der Waals surface area contributed by atoms with Gasteiger partial charge in [0.1, 0.15) is 11.6 Å². The summed E-state index contributed by atoms with van der Waals surface area (Å²) in [7, 11) is 2.03. The Hall–Kier alpha value is -4.31. The molecular formula is C45H56ClN3O5S. The molecule has 4 aromatic rings. The number of pyridine rings is 1. The van der Waals surface area contributed by atoms with E-state index in [1.807, 2.05) is 49.5 Å². The summed E-state index contributed by atoms with van der Waals surface area (Å²) in [5.41, 5.74) is 5.55. The van der Waals surface area contributed by atoms with Crippen LogP contribution in [-0.2, 0) is 21.6 Å². The molecule has 0 saturated carbocycles. The molecule has 0 aliphatic carbocycles. The summed E-state index contributed by atoms with van der Waals surface area (Å²) in [6, 6.07) is 24.8. The fourth-order valence-electron chi connectivity index (χ4n) is 6.29. The number of aromatic nitrogens is 1. The molecule has 0 fully saturated rings. The SMILES string of the molecule is C=C(c1ccc(C(=O)O)cc1)c1cc(C(C)(C)OCCCCCCCCCCNc2cccc(N(C)CCSc3ccc(CC(=O)O)cc3Cl)n2)ccc1C. The Kier molecular flexibility index (Phi) is 17.1. The number of carboxylic acids is 2.